The first kappa shape index (κ1) is 41.0. The number of hydrogen-bond donors (Lipinski definition) is 4. The summed E-state index contributed by atoms with van der Waals surface area (Å²) in [6, 6.07) is 10.3. The number of alkyl halides is 1. The molecule has 6 aromatic rings. The molecule has 2 amide bonds. The molecule has 2 aromatic carbocycles. The first-order valence-corrected chi connectivity index (χ1v) is 18.6. The number of rotatable bonds is 12. The summed E-state index contributed by atoms with van der Waals surface area (Å²) in [7, 11) is 0. The van der Waals surface area contributed by atoms with Crippen LogP contribution < -0.4 is 31.2 Å². The maximum Gasteiger partial charge on any atom is 0.274 e. The number of ether oxygens (including phenoxy) is 2. The fourth-order valence-corrected chi connectivity index (χ4v) is 6.35. The van der Waals surface area contributed by atoms with Crippen molar-refractivity contribution in [2.45, 2.75) is 12.2 Å². The van der Waals surface area contributed by atoms with E-state index < -0.39 is 75.3 Å². The summed E-state index contributed by atoms with van der Waals surface area (Å²) in [5.41, 5.74) is 3.16. The molecule has 1 saturated heterocycles. The molecule has 1 aliphatic heterocycles. The number of benzene rings is 2. The van der Waals surface area contributed by atoms with Crippen LogP contribution in [0.4, 0.5) is 37.7 Å². The van der Waals surface area contributed by atoms with Gasteiger partial charge in [-0.15, -0.1) is 11.6 Å². The predicted octanol–water partition coefficient (Wildman–Crippen LogP) is 7.04. The topological polar surface area (TPSA) is 166 Å². The summed E-state index contributed by atoms with van der Waals surface area (Å²) in [6.45, 7) is 1.55. The summed E-state index contributed by atoms with van der Waals surface area (Å²) < 4.78 is 103. The molecule has 21 heteroatoms. The number of nitrogens with one attached hydrogen (secondary N) is 3. The van der Waals surface area contributed by atoms with Crippen LogP contribution in [-0.2, 0) is 0 Å². The molecule has 12 nitrogen and oxygen atoms in total. The van der Waals surface area contributed by atoms with E-state index in [1.165, 1.54) is 12.4 Å². The quantitative estimate of drug-likeness (QED) is 0.0741. The molecule has 1 aliphatic rings. The average molecular weight is 849 g/mol. The van der Waals surface area contributed by atoms with E-state index in [0.717, 1.165) is 83.7 Å². The van der Waals surface area contributed by atoms with E-state index in [2.05, 4.69) is 34.7 Å². The molecule has 0 saturated carbocycles. The smallest absolute Gasteiger partial charge is 0.274 e. The average Bonchev–Trinajstić information content (AvgIpc) is 3.81. The molecule has 0 radical (unpaired) electrons. The van der Waals surface area contributed by atoms with Crippen molar-refractivity contribution in [2.75, 3.05) is 36.1 Å². The van der Waals surface area contributed by atoms with E-state index in [1.807, 2.05) is 0 Å². The van der Waals surface area contributed by atoms with Gasteiger partial charge in [0.1, 0.15) is 81.3 Å². The maximum absolute atomic E-state index is 14.2. The Morgan fingerprint density at radius 3 is 1.61 bits per heavy atom. The third-order valence-electron chi connectivity index (χ3n) is 7.85. The van der Waals surface area contributed by atoms with Crippen LogP contribution in [0.3, 0.4) is 0 Å². The number of anilines is 2. The predicted molar refractivity (Wildman–Crippen MR) is 201 cm³/mol. The van der Waals surface area contributed by atoms with Crippen LogP contribution in [0, 0.1) is 34.9 Å². The minimum atomic E-state index is -0.999. The molecule has 1 unspecified atom stereocenters. The summed E-state index contributed by atoms with van der Waals surface area (Å²) in [6.07, 6.45) is 2.29. The number of aromatic nitrogens is 4. The highest BCUT2D eigenvalue weighted by Gasteiger charge is 2.24. The van der Waals surface area contributed by atoms with Crippen LogP contribution in [0.2, 0.25) is 0 Å². The Morgan fingerprint density at radius 1 is 0.737 bits per heavy atom. The van der Waals surface area contributed by atoms with E-state index in [0.29, 0.717) is 23.8 Å². The number of hydrogen-bond acceptors (Lipinski definition) is 12. The number of amides is 2. The summed E-state index contributed by atoms with van der Waals surface area (Å²) in [4.78, 5) is 32.7. The van der Waals surface area contributed by atoms with Gasteiger partial charge in [0.05, 0.1) is 29.4 Å². The van der Waals surface area contributed by atoms with Gasteiger partial charge in [-0.05, 0) is 48.5 Å². The number of halogens is 7. The molecule has 57 heavy (non-hydrogen) atoms. The van der Waals surface area contributed by atoms with Gasteiger partial charge in [0.25, 0.3) is 11.8 Å². The highest BCUT2D eigenvalue weighted by atomic mass is 35.5. The Morgan fingerprint density at radius 2 is 1.19 bits per heavy atom. The molecule has 296 valence electrons. The first-order chi connectivity index (χ1) is 27.5. The number of carbonyl (C=O) groups is 2. The Labute approximate surface area is 332 Å². The molecule has 5 heterocycles. The van der Waals surface area contributed by atoms with E-state index >= 15 is 0 Å². The molecule has 4 aromatic heterocycles. The Kier molecular flexibility index (Phi) is 13.3. The van der Waals surface area contributed by atoms with Gasteiger partial charge in [-0.3, -0.25) is 9.59 Å². The van der Waals surface area contributed by atoms with Gasteiger partial charge in [-0.2, -0.15) is 8.75 Å². The van der Waals surface area contributed by atoms with Crippen molar-refractivity contribution >= 4 is 57.9 Å². The number of nitrogens with zero attached hydrogens (tertiary/aromatic N) is 4. The van der Waals surface area contributed by atoms with E-state index in [4.69, 9.17) is 26.8 Å². The second kappa shape index (κ2) is 18.5. The van der Waals surface area contributed by atoms with E-state index in [9.17, 15) is 35.9 Å². The Balaban J connectivity index is 0.000000193. The molecular formula is C36H27ClF6N8O4S2. The van der Waals surface area contributed by atoms with Gasteiger partial charge < -0.3 is 31.2 Å². The minimum Gasteiger partial charge on any atom is -0.475 e. The molecule has 0 aliphatic carbocycles. The van der Waals surface area contributed by atoms with Gasteiger partial charge in [-0.1, -0.05) is 12.1 Å². The molecular weight excluding hydrogens is 822 g/mol. The fraction of sp³-hybridized carbons (Fsp3) is 0.167. The lowest BCUT2D eigenvalue weighted by molar-refractivity contribution is 0.101. The molecule has 5 N–H and O–H groups in total. The van der Waals surface area contributed by atoms with Crippen LogP contribution in [0.5, 0.6) is 10.1 Å². The lowest BCUT2D eigenvalue weighted by Gasteiger charge is -2.27. The van der Waals surface area contributed by atoms with Crippen molar-refractivity contribution < 1.29 is 45.4 Å². The van der Waals surface area contributed by atoms with Crippen LogP contribution in [-0.4, -0.2) is 68.3 Å². The third kappa shape index (κ3) is 9.66. The lowest BCUT2D eigenvalue weighted by Crippen LogP contribution is -2.50. The van der Waals surface area contributed by atoms with Crippen molar-refractivity contribution in [1.82, 2.24) is 24.0 Å². The number of pyridine rings is 2. The first-order valence-electron chi connectivity index (χ1n) is 16.5. The van der Waals surface area contributed by atoms with Gasteiger partial charge in [0.2, 0.25) is 10.1 Å². The van der Waals surface area contributed by atoms with Crippen LogP contribution in [0.15, 0.2) is 73.1 Å². The standard InChI is InChI=1S/C18H14ClF3N4O2S.C18H13F3N4O2S/c19-6-9(7-23)28-18-14(8-24-29-18)26-17(27)13-5-4-12(22)16(25-13)15-10(20)2-1-3-11(15)21;19-10-2-1-3-11(20)15(10)16-12(21)4-5-13(24-16)17(26)25-14-8-23-28-18(14)27-9-6-22-7-9/h1-5,8-9H,6-7,23H2,(H,26,27);1-5,8-9,22H,6-7H2,(H,25,26). The molecule has 1 fully saturated rings. The molecule has 0 bridgehead atoms. The third-order valence-corrected chi connectivity index (χ3v) is 9.58. The van der Waals surface area contributed by atoms with Gasteiger partial charge in [0.15, 0.2) is 0 Å². The zero-order chi connectivity index (χ0) is 40.6. The van der Waals surface area contributed by atoms with Crippen molar-refractivity contribution in [1.29, 1.82) is 0 Å². The largest absolute Gasteiger partial charge is 0.475 e. The monoisotopic (exact) mass is 848 g/mol. The summed E-state index contributed by atoms with van der Waals surface area (Å²) in [5, 5.41) is 8.86. The molecule has 0 spiro atoms. The Bertz CT molecular complexity index is 2360. The molecule has 7 rings (SSSR count). The zero-order valence-corrected chi connectivity index (χ0v) is 31.3. The van der Waals surface area contributed by atoms with Gasteiger partial charge >= 0.3 is 0 Å². The van der Waals surface area contributed by atoms with Crippen molar-refractivity contribution in [3.63, 3.8) is 0 Å². The summed E-state index contributed by atoms with van der Waals surface area (Å²) >= 11 is 7.79. The van der Waals surface area contributed by atoms with Gasteiger partial charge in [0, 0.05) is 42.7 Å². The van der Waals surface area contributed by atoms with Crippen LogP contribution in [0.25, 0.3) is 22.5 Å². The summed E-state index contributed by atoms with van der Waals surface area (Å²) in [5.74, 6) is -7.16. The maximum atomic E-state index is 14.2. The second-order valence-electron chi connectivity index (χ2n) is 11.7. The minimum absolute atomic E-state index is 0.00400. The highest BCUT2D eigenvalue weighted by Crippen LogP contribution is 2.33. The van der Waals surface area contributed by atoms with Crippen LogP contribution in [0.1, 0.15) is 21.0 Å². The van der Waals surface area contributed by atoms with E-state index in [-0.39, 0.29) is 40.7 Å². The fourth-order valence-electron chi connectivity index (χ4n) is 4.89. The van der Waals surface area contributed by atoms with Gasteiger partial charge in [-0.25, -0.2) is 36.3 Å². The SMILES string of the molecule is NCC(CCl)Oc1sncc1NC(=O)c1ccc(F)c(-c2c(F)cccc2F)n1.O=C(Nc1cnsc1OC1CNC1)c1ccc(F)c(-c2c(F)cccc2F)n1. The Hall–Kier alpha value is -5.67. The van der Waals surface area contributed by atoms with Crippen molar-refractivity contribution in [2.24, 2.45) is 5.73 Å². The second-order valence-corrected chi connectivity index (χ2v) is 13.6. The zero-order valence-electron chi connectivity index (χ0n) is 28.9. The molecule has 1 atom stereocenters. The van der Waals surface area contributed by atoms with Crippen LogP contribution >= 0.6 is 34.7 Å². The van der Waals surface area contributed by atoms with E-state index in [1.54, 1.807) is 0 Å². The highest BCUT2D eigenvalue weighted by molar-refractivity contribution is 7.08. The lowest BCUT2D eigenvalue weighted by atomic mass is 10.1. The number of nitrogens with two attached hydrogens (primary N) is 1. The normalized spacial score (nSPS) is 12.8. The van der Waals surface area contributed by atoms with Crippen molar-refractivity contribution in [3.8, 4) is 32.6 Å². The number of carbonyl (C=O) groups excluding carboxylic acids is 2. The van der Waals surface area contributed by atoms with Crippen molar-refractivity contribution in [3.05, 3.63) is 119 Å².